The number of amides is 5. The number of imide groups is 1. The van der Waals surface area contributed by atoms with Crippen molar-refractivity contribution >= 4 is 23.8 Å². The van der Waals surface area contributed by atoms with Gasteiger partial charge in [0.1, 0.15) is 23.6 Å². The Morgan fingerprint density at radius 1 is 0.912 bits per heavy atom. The summed E-state index contributed by atoms with van der Waals surface area (Å²) in [5, 5.41) is 2.57. The van der Waals surface area contributed by atoms with Crippen molar-refractivity contribution in [2.75, 3.05) is 13.2 Å². The molecule has 1 aliphatic rings. The number of benzene rings is 2. The van der Waals surface area contributed by atoms with E-state index in [2.05, 4.69) is 16.2 Å². The zero-order valence-electron chi connectivity index (χ0n) is 19.1. The molecule has 0 radical (unpaired) electrons. The molecule has 0 unspecified atom stereocenters. The SMILES string of the molecule is CC1(C)NC(=O)N(CCCC(=O)NNC(=O)COc2ccc(OCc3ccccc3)cc2)C1=O. The maximum Gasteiger partial charge on any atom is 0.325 e. The molecule has 1 heterocycles. The van der Waals surface area contributed by atoms with E-state index < -0.39 is 23.4 Å². The predicted molar refractivity (Wildman–Crippen MR) is 123 cm³/mol. The molecule has 10 heteroatoms. The molecule has 180 valence electrons. The van der Waals surface area contributed by atoms with Crippen molar-refractivity contribution in [2.45, 2.75) is 38.8 Å². The van der Waals surface area contributed by atoms with Gasteiger partial charge in [-0.2, -0.15) is 0 Å². The summed E-state index contributed by atoms with van der Waals surface area (Å²) in [4.78, 5) is 48.8. The summed E-state index contributed by atoms with van der Waals surface area (Å²) in [7, 11) is 0. The van der Waals surface area contributed by atoms with Crippen molar-refractivity contribution in [3.63, 3.8) is 0 Å². The monoisotopic (exact) mass is 468 g/mol. The number of carbonyl (C=O) groups is 4. The normalized spacial score (nSPS) is 14.4. The Morgan fingerprint density at radius 3 is 2.15 bits per heavy atom. The van der Waals surface area contributed by atoms with Gasteiger partial charge in [-0.05, 0) is 50.1 Å². The van der Waals surface area contributed by atoms with Crippen LogP contribution in [0.4, 0.5) is 4.79 Å². The Kier molecular flexibility index (Phi) is 8.07. The summed E-state index contributed by atoms with van der Waals surface area (Å²) in [6.07, 6.45) is 0.301. The van der Waals surface area contributed by atoms with Gasteiger partial charge in [0.25, 0.3) is 11.8 Å². The van der Waals surface area contributed by atoms with Gasteiger partial charge in [-0.15, -0.1) is 0 Å². The summed E-state index contributed by atoms with van der Waals surface area (Å²) in [6, 6.07) is 16.2. The molecule has 34 heavy (non-hydrogen) atoms. The van der Waals surface area contributed by atoms with Crippen LogP contribution in [0.15, 0.2) is 54.6 Å². The second-order valence-electron chi connectivity index (χ2n) is 8.25. The third kappa shape index (κ3) is 6.96. The van der Waals surface area contributed by atoms with Crippen LogP contribution in [0.1, 0.15) is 32.3 Å². The summed E-state index contributed by atoms with van der Waals surface area (Å²) in [5.41, 5.74) is 4.66. The maximum atomic E-state index is 12.1. The maximum absolute atomic E-state index is 12.1. The molecular weight excluding hydrogens is 440 g/mol. The summed E-state index contributed by atoms with van der Waals surface area (Å²) >= 11 is 0. The molecule has 2 aromatic carbocycles. The minimum atomic E-state index is -0.942. The fourth-order valence-corrected chi connectivity index (χ4v) is 3.18. The Balaban J connectivity index is 1.30. The Bertz CT molecular complexity index is 1020. The first-order valence-electron chi connectivity index (χ1n) is 10.9. The van der Waals surface area contributed by atoms with Crippen molar-refractivity contribution in [3.8, 4) is 11.5 Å². The topological polar surface area (TPSA) is 126 Å². The van der Waals surface area contributed by atoms with Gasteiger partial charge in [-0.1, -0.05) is 30.3 Å². The molecule has 3 rings (SSSR count). The molecule has 1 fully saturated rings. The predicted octanol–water partition coefficient (Wildman–Crippen LogP) is 1.90. The highest BCUT2D eigenvalue weighted by Crippen LogP contribution is 2.19. The van der Waals surface area contributed by atoms with Gasteiger partial charge in [-0.3, -0.25) is 30.1 Å². The van der Waals surface area contributed by atoms with Gasteiger partial charge in [-0.25, -0.2) is 4.79 Å². The number of nitrogens with one attached hydrogen (secondary N) is 3. The highest BCUT2D eigenvalue weighted by molar-refractivity contribution is 6.06. The van der Waals surface area contributed by atoms with Crippen LogP contribution in [-0.2, 0) is 21.0 Å². The van der Waals surface area contributed by atoms with Gasteiger partial charge < -0.3 is 14.8 Å². The summed E-state index contributed by atoms with van der Waals surface area (Å²) in [5.74, 6) is -0.165. The van der Waals surface area contributed by atoms with Crippen LogP contribution in [-0.4, -0.2) is 47.3 Å². The molecule has 0 spiro atoms. The van der Waals surface area contributed by atoms with E-state index in [0.29, 0.717) is 18.1 Å². The standard InChI is InChI=1S/C24H28N4O6/c1-24(2)22(31)28(23(32)25-24)14-6-9-20(29)26-27-21(30)16-34-19-12-10-18(11-13-19)33-15-17-7-4-3-5-8-17/h3-5,7-8,10-13H,6,9,14-16H2,1-2H3,(H,25,32)(H,26,29)(H,27,30). The largest absolute Gasteiger partial charge is 0.489 e. The van der Waals surface area contributed by atoms with Crippen molar-refractivity contribution in [1.29, 1.82) is 0 Å². The van der Waals surface area contributed by atoms with Gasteiger partial charge in [0.2, 0.25) is 5.91 Å². The fourth-order valence-electron chi connectivity index (χ4n) is 3.18. The first-order chi connectivity index (χ1) is 16.2. The highest BCUT2D eigenvalue weighted by Gasteiger charge is 2.43. The van der Waals surface area contributed by atoms with Crippen molar-refractivity contribution in [1.82, 2.24) is 21.1 Å². The lowest BCUT2D eigenvalue weighted by Gasteiger charge is -2.15. The number of hydrogen-bond donors (Lipinski definition) is 3. The summed E-state index contributed by atoms with van der Waals surface area (Å²) < 4.78 is 11.1. The second kappa shape index (κ2) is 11.2. The zero-order valence-corrected chi connectivity index (χ0v) is 19.1. The first-order valence-corrected chi connectivity index (χ1v) is 10.9. The molecular formula is C24H28N4O6. The average molecular weight is 469 g/mol. The van der Waals surface area contributed by atoms with E-state index in [0.717, 1.165) is 10.5 Å². The Hall–Kier alpha value is -4.08. The molecule has 5 amide bonds. The molecule has 2 aromatic rings. The van der Waals surface area contributed by atoms with E-state index in [-0.39, 0.29) is 31.9 Å². The number of carbonyl (C=O) groups excluding carboxylic acids is 4. The van der Waals surface area contributed by atoms with Gasteiger partial charge in [0.05, 0.1) is 0 Å². The Labute approximate surface area is 197 Å². The van der Waals surface area contributed by atoms with E-state index in [1.807, 2.05) is 30.3 Å². The van der Waals surface area contributed by atoms with E-state index in [4.69, 9.17) is 9.47 Å². The summed E-state index contributed by atoms with van der Waals surface area (Å²) in [6.45, 7) is 3.51. The molecule has 0 bridgehead atoms. The zero-order chi connectivity index (χ0) is 24.6. The fraction of sp³-hybridized carbons (Fsp3) is 0.333. The van der Waals surface area contributed by atoms with Crippen molar-refractivity contribution in [3.05, 3.63) is 60.2 Å². The smallest absolute Gasteiger partial charge is 0.325 e. The average Bonchev–Trinajstić information content (AvgIpc) is 3.02. The Morgan fingerprint density at radius 2 is 1.53 bits per heavy atom. The number of rotatable bonds is 10. The van der Waals surface area contributed by atoms with E-state index in [1.54, 1.807) is 38.1 Å². The van der Waals surface area contributed by atoms with Crippen LogP contribution in [0, 0.1) is 0 Å². The van der Waals surface area contributed by atoms with Crippen LogP contribution in [0.3, 0.4) is 0 Å². The molecule has 3 N–H and O–H groups in total. The van der Waals surface area contributed by atoms with E-state index in [1.165, 1.54) is 0 Å². The van der Waals surface area contributed by atoms with E-state index >= 15 is 0 Å². The molecule has 1 saturated heterocycles. The van der Waals surface area contributed by atoms with Crippen LogP contribution in [0.2, 0.25) is 0 Å². The third-order valence-electron chi connectivity index (χ3n) is 5.01. The number of hydrogen-bond acceptors (Lipinski definition) is 6. The minimum Gasteiger partial charge on any atom is -0.489 e. The number of nitrogens with zero attached hydrogens (tertiary/aromatic N) is 1. The van der Waals surface area contributed by atoms with Crippen molar-refractivity contribution in [2.24, 2.45) is 0 Å². The molecule has 0 aromatic heterocycles. The molecule has 10 nitrogen and oxygen atoms in total. The molecule has 0 aliphatic carbocycles. The second-order valence-corrected chi connectivity index (χ2v) is 8.25. The molecule has 0 saturated carbocycles. The van der Waals surface area contributed by atoms with Crippen LogP contribution in [0.25, 0.3) is 0 Å². The van der Waals surface area contributed by atoms with E-state index in [9.17, 15) is 19.2 Å². The minimum absolute atomic E-state index is 0.0308. The number of ether oxygens (including phenoxy) is 2. The first kappa shape index (κ1) is 24.6. The molecule has 0 atom stereocenters. The number of hydrazine groups is 1. The van der Waals surface area contributed by atoms with Crippen LogP contribution < -0.4 is 25.6 Å². The van der Waals surface area contributed by atoms with Gasteiger partial charge in [0, 0.05) is 13.0 Å². The lowest BCUT2D eigenvalue weighted by Crippen LogP contribution is -2.44. The molecule has 1 aliphatic heterocycles. The third-order valence-corrected chi connectivity index (χ3v) is 5.01. The van der Waals surface area contributed by atoms with Crippen molar-refractivity contribution < 1.29 is 28.7 Å². The van der Waals surface area contributed by atoms with Crippen LogP contribution >= 0.6 is 0 Å². The van der Waals surface area contributed by atoms with Gasteiger partial charge >= 0.3 is 6.03 Å². The lowest BCUT2D eigenvalue weighted by molar-refractivity contribution is -0.131. The highest BCUT2D eigenvalue weighted by atomic mass is 16.5. The quantitative estimate of drug-likeness (QED) is 0.361. The van der Waals surface area contributed by atoms with Crippen LogP contribution in [0.5, 0.6) is 11.5 Å². The lowest BCUT2D eigenvalue weighted by atomic mass is 10.1. The van der Waals surface area contributed by atoms with Gasteiger partial charge in [0.15, 0.2) is 6.61 Å². The number of urea groups is 1.